The standard InChI is InChI=1S/C39H47ClFN7O4/c1-45-23-28(20-29(24-45)43-33-21-42-46(2)38(52)35(33)40)26-4-6-27(7-5-26)37(51)48-17-13-39(14-18-48)11-15-47(16-12-39)22-25-3-8-30(32(41)19-25)31-9-10-34(49)44-36(31)50/h3-8,19,21,28-29,31,43H,9-18,20,22-24H2,1-2H3,(H,44,49,50). The van der Waals surface area contributed by atoms with Crippen molar-refractivity contribution in [1.29, 1.82) is 0 Å². The third-order valence-corrected chi connectivity index (χ3v) is 12.2. The molecule has 7 rings (SSSR count). The number of likely N-dealkylation sites (tertiary alicyclic amines) is 3. The van der Waals surface area contributed by atoms with E-state index in [4.69, 9.17) is 11.6 Å². The Morgan fingerprint density at radius 1 is 1.00 bits per heavy atom. The van der Waals surface area contributed by atoms with Crippen molar-refractivity contribution in [3.8, 4) is 0 Å². The van der Waals surface area contributed by atoms with Crippen molar-refractivity contribution in [3.63, 3.8) is 0 Å². The van der Waals surface area contributed by atoms with Gasteiger partial charge in [-0.15, -0.1) is 0 Å². The second-order valence-corrected chi connectivity index (χ2v) is 15.7. The highest BCUT2D eigenvalue weighted by molar-refractivity contribution is 6.32. The minimum atomic E-state index is -0.626. The van der Waals surface area contributed by atoms with Crippen molar-refractivity contribution in [2.75, 3.05) is 51.6 Å². The van der Waals surface area contributed by atoms with Gasteiger partial charge < -0.3 is 15.1 Å². The summed E-state index contributed by atoms with van der Waals surface area (Å²) in [7, 11) is 3.66. The number of nitrogens with one attached hydrogen (secondary N) is 2. The van der Waals surface area contributed by atoms with Gasteiger partial charge in [-0.25, -0.2) is 9.07 Å². The molecule has 0 saturated carbocycles. The van der Waals surface area contributed by atoms with Gasteiger partial charge in [0.15, 0.2) is 0 Å². The van der Waals surface area contributed by atoms with Crippen LogP contribution in [0.15, 0.2) is 53.5 Å². The van der Waals surface area contributed by atoms with Crippen LogP contribution in [0.5, 0.6) is 0 Å². The van der Waals surface area contributed by atoms with Crippen molar-refractivity contribution >= 4 is 35.0 Å². The van der Waals surface area contributed by atoms with Gasteiger partial charge in [-0.05, 0) is 99.3 Å². The molecule has 0 bridgehead atoms. The van der Waals surface area contributed by atoms with Crippen LogP contribution in [0.3, 0.4) is 0 Å². The molecule has 4 aliphatic rings. The van der Waals surface area contributed by atoms with Crippen molar-refractivity contribution in [3.05, 3.63) is 92.1 Å². The van der Waals surface area contributed by atoms with Crippen LogP contribution in [-0.4, -0.2) is 94.6 Å². The molecule has 5 heterocycles. The van der Waals surface area contributed by atoms with E-state index in [1.807, 2.05) is 23.1 Å². The Kier molecular flexibility index (Phi) is 10.5. The van der Waals surface area contributed by atoms with E-state index >= 15 is 4.39 Å². The molecule has 13 heteroatoms. The molecule has 3 atom stereocenters. The molecule has 2 aromatic carbocycles. The number of aryl methyl sites for hydroxylation is 1. The number of amides is 3. The number of benzene rings is 2. The predicted molar refractivity (Wildman–Crippen MR) is 197 cm³/mol. The number of likely N-dealkylation sites (N-methyl/N-ethyl adjacent to an activating group) is 1. The van der Waals surface area contributed by atoms with Gasteiger partial charge in [-0.2, -0.15) is 5.10 Å². The fraction of sp³-hybridized carbons (Fsp3) is 0.513. The smallest absolute Gasteiger partial charge is 0.287 e. The number of aromatic nitrogens is 2. The maximum atomic E-state index is 15.1. The topological polar surface area (TPSA) is 120 Å². The average molecular weight is 732 g/mol. The second kappa shape index (κ2) is 15.1. The molecule has 3 unspecified atom stereocenters. The summed E-state index contributed by atoms with van der Waals surface area (Å²) in [5, 5.41) is 10.00. The zero-order valence-corrected chi connectivity index (χ0v) is 30.6. The first-order valence-corrected chi connectivity index (χ1v) is 18.8. The van der Waals surface area contributed by atoms with E-state index in [0.29, 0.717) is 29.8 Å². The number of halogens is 2. The Morgan fingerprint density at radius 3 is 2.40 bits per heavy atom. The van der Waals surface area contributed by atoms with Crippen LogP contribution in [0.4, 0.5) is 10.1 Å². The van der Waals surface area contributed by atoms with Crippen LogP contribution in [0.25, 0.3) is 0 Å². The van der Waals surface area contributed by atoms with Gasteiger partial charge in [-0.3, -0.25) is 29.4 Å². The van der Waals surface area contributed by atoms with Crippen LogP contribution >= 0.6 is 11.6 Å². The molecular formula is C39H47ClFN7O4. The molecule has 4 saturated heterocycles. The van der Waals surface area contributed by atoms with E-state index in [9.17, 15) is 19.2 Å². The predicted octanol–water partition coefficient (Wildman–Crippen LogP) is 4.51. The molecule has 0 radical (unpaired) electrons. The van der Waals surface area contributed by atoms with Gasteiger partial charge in [0.25, 0.3) is 11.5 Å². The molecule has 1 aromatic heterocycles. The Balaban J connectivity index is 0.888. The third kappa shape index (κ3) is 7.79. The SMILES string of the molecule is CN1CC(Nc2cnn(C)c(=O)c2Cl)CC(c2ccc(C(=O)N3CCC4(CCN(Cc5ccc(C6CCC(=O)NC6=O)c(F)c5)CC4)CC3)cc2)C1. The molecule has 1 spiro atoms. The lowest BCUT2D eigenvalue weighted by Crippen LogP contribution is -2.48. The zero-order valence-electron chi connectivity index (χ0n) is 29.9. The van der Waals surface area contributed by atoms with Crippen LogP contribution in [0, 0.1) is 11.2 Å². The Morgan fingerprint density at radius 2 is 1.71 bits per heavy atom. The maximum absolute atomic E-state index is 15.1. The molecule has 2 N–H and O–H groups in total. The molecule has 4 aliphatic heterocycles. The first-order chi connectivity index (χ1) is 25.0. The minimum absolute atomic E-state index is 0.0784. The summed E-state index contributed by atoms with van der Waals surface area (Å²) in [5.74, 6) is -1.41. The minimum Gasteiger partial charge on any atom is -0.378 e. The van der Waals surface area contributed by atoms with Crippen LogP contribution in [0.2, 0.25) is 5.02 Å². The molecule has 276 valence electrons. The van der Waals surface area contributed by atoms with Crippen molar-refractivity contribution in [1.82, 2.24) is 29.8 Å². The second-order valence-electron chi connectivity index (χ2n) is 15.3. The summed E-state index contributed by atoms with van der Waals surface area (Å²) >= 11 is 6.31. The number of hydrogen-bond acceptors (Lipinski definition) is 8. The van der Waals surface area contributed by atoms with Crippen molar-refractivity contribution in [2.24, 2.45) is 12.5 Å². The van der Waals surface area contributed by atoms with Crippen LogP contribution in [0.1, 0.15) is 83.8 Å². The summed E-state index contributed by atoms with van der Waals surface area (Å²) in [4.78, 5) is 56.2. The quantitative estimate of drug-likeness (QED) is 0.341. The number of carbonyl (C=O) groups excluding carboxylic acids is 3. The van der Waals surface area contributed by atoms with E-state index < -0.39 is 17.6 Å². The fourth-order valence-electron chi connectivity index (χ4n) is 8.65. The number of imide groups is 1. The number of nitrogens with zero attached hydrogens (tertiary/aromatic N) is 5. The molecule has 0 aliphatic carbocycles. The van der Waals surface area contributed by atoms with Crippen LogP contribution in [-0.2, 0) is 23.2 Å². The largest absolute Gasteiger partial charge is 0.378 e. The Hall–Kier alpha value is -4.13. The van der Waals surface area contributed by atoms with Gasteiger partial charge in [0.05, 0.1) is 17.8 Å². The molecule has 3 amide bonds. The molecule has 3 aromatic rings. The highest BCUT2D eigenvalue weighted by atomic mass is 35.5. The van der Waals surface area contributed by atoms with Crippen LogP contribution < -0.4 is 16.2 Å². The summed E-state index contributed by atoms with van der Waals surface area (Å²) in [5.41, 5.74) is 3.57. The lowest BCUT2D eigenvalue weighted by molar-refractivity contribution is -0.134. The van der Waals surface area contributed by atoms with Gasteiger partial charge >= 0.3 is 0 Å². The van der Waals surface area contributed by atoms with Gasteiger partial charge in [0.1, 0.15) is 10.8 Å². The maximum Gasteiger partial charge on any atom is 0.287 e. The van der Waals surface area contributed by atoms with Gasteiger partial charge in [0.2, 0.25) is 11.8 Å². The molecular weight excluding hydrogens is 685 g/mol. The molecule has 52 heavy (non-hydrogen) atoms. The summed E-state index contributed by atoms with van der Waals surface area (Å²) in [6.45, 7) is 5.70. The van der Waals surface area contributed by atoms with E-state index in [2.05, 4.69) is 44.7 Å². The number of hydrogen-bond donors (Lipinski definition) is 2. The third-order valence-electron chi connectivity index (χ3n) is 11.8. The highest BCUT2D eigenvalue weighted by Gasteiger charge is 2.39. The summed E-state index contributed by atoms with van der Waals surface area (Å²) in [6.07, 6.45) is 7.08. The Bertz CT molecular complexity index is 1880. The fourth-order valence-corrected chi connectivity index (χ4v) is 8.87. The monoisotopic (exact) mass is 731 g/mol. The lowest BCUT2D eigenvalue weighted by atomic mass is 9.71. The first-order valence-electron chi connectivity index (χ1n) is 18.4. The van der Waals surface area contributed by atoms with Crippen molar-refractivity contribution in [2.45, 2.75) is 69.4 Å². The van der Waals surface area contributed by atoms with E-state index in [0.717, 1.165) is 76.9 Å². The normalized spacial score (nSPS) is 24.2. The zero-order chi connectivity index (χ0) is 36.6. The summed E-state index contributed by atoms with van der Waals surface area (Å²) in [6, 6.07) is 13.3. The summed E-state index contributed by atoms with van der Waals surface area (Å²) < 4.78 is 16.3. The van der Waals surface area contributed by atoms with Gasteiger partial charge in [0, 0.05) is 63.4 Å². The number of anilines is 1. The van der Waals surface area contributed by atoms with E-state index in [1.54, 1.807) is 19.3 Å². The molecule has 11 nitrogen and oxygen atoms in total. The van der Waals surface area contributed by atoms with E-state index in [-0.39, 0.29) is 46.2 Å². The number of piperidine rings is 4. The number of carbonyl (C=O) groups is 3. The average Bonchev–Trinajstić information content (AvgIpc) is 3.13. The van der Waals surface area contributed by atoms with E-state index in [1.165, 1.54) is 16.3 Å². The Labute approximate surface area is 308 Å². The highest BCUT2D eigenvalue weighted by Crippen LogP contribution is 2.42. The number of rotatable bonds is 7. The van der Waals surface area contributed by atoms with Crippen molar-refractivity contribution < 1.29 is 18.8 Å². The molecule has 4 fully saturated rings. The van der Waals surface area contributed by atoms with Gasteiger partial charge in [-0.1, -0.05) is 35.9 Å². The first kappa shape index (κ1) is 36.2. The lowest BCUT2D eigenvalue weighted by Gasteiger charge is -2.47.